The van der Waals surface area contributed by atoms with E-state index in [9.17, 15) is 4.39 Å². The summed E-state index contributed by atoms with van der Waals surface area (Å²) in [6.45, 7) is 0. The third-order valence-electron chi connectivity index (χ3n) is 0.908. The summed E-state index contributed by atoms with van der Waals surface area (Å²) in [6.07, 6.45) is 0. The molecule has 0 radical (unpaired) electrons. The summed E-state index contributed by atoms with van der Waals surface area (Å²) in [5, 5.41) is 8.97. The summed E-state index contributed by atoms with van der Waals surface area (Å²) in [6, 6.07) is 3.63. The zero-order valence-corrected chi connectivity index (χ0v) is 5.19. The van der Waals surface area contributed by atoms with Gasteiger partial charge >= 0.3 is 0 Å². The molecule has 0 saturated carbocycles. The maximum Gasteiger partial charge on any atom is 0.164 e. The van der Waals surface area contributed by atoms with Crippen molar-refractivity contribution >= 4 is 11.6 Å². The van der Waals surface area contributed by atoms with Crippen molar-refractivity contribution in [2.75, 3.05) is 0 Å². The lowest BCUT2D eigenvalue weighted by Crippen LogP contribution is -1.72. The van der Waals surface area contributed by atoms with E-state index in [4.69, 9.17) is 16.7 Å². The van der Waals surface area contributed by atoms with Crippen molar-refractivity contribution in [2.45, 2.75) is 0 Å². The molecule has 9 heavy (non-hydrogen) atoms. The fourth-order valence-electron chi connectivity index (χ4n) is 0.486. The van der Waals surface area contributed by atoms with Gasteiger partial charge in [-0.15, -0.1) is 0 Å². The number of rotatable bonds is 0. The Morgan fingerprint density at radius 3 is 2.56 bits per heavy atom. The minimum absolute atomic E-state index is 0.328. The molecule has 0 aliphatic carbocycles. The number of halogens is 2. The molecule has 1 aromatic rings. The van der Waals surface area contributed by atoms with Gasteiger partial charge in [0.2, 0.25) is 0 Å². The number of hydrogen-bond acceptors (Lipinski definition) is 1. The molecule has 0 aliphatic rings. The Kier molecular flexibility index (Phi) is 1.58. The number of hydrogen-bond donors (Lipinski definition) is 1. The molecule has 0 atom stereocenters. The standard InChI is InChI=1S/C6H4ClFO/c7-4-1-2-5(8)6(9)3-4/h1-3,9H. The molecule has 0 fully saturated rings. The summed E-state index contributed by atoms with van der Waals surface area (Å²) < 4.78 is 12.2. The SMILES string of the molecule is Oc1cc(Cl)ccc1F. The number of benzene rings is 1. The van der Waals surface area contributed by atoms with Crippen LogP contribution >= 0.6 is 11.6 Å². The quantitative estimate of drug-likeness (QED) is 0.595. The second kappa shape index (κ2) is 2.23. The van der Waals surface area contributed by atoms with Gasteiger partial charge in [-0.05, 0) is 12.1 Å². The van der Waals surface area contributed by atoms with Gasteiger partial charge in [0.15, 0.2) is 11.6 Å². The van der Waals surface area contributed by atoms with Crippen molar-refractivity contribution in [3.8, 4) is 5.75 Å². The van der Waals surface area contributed by atoms with Crippen molar-refractivity contribution in [2.24, 2.45) is 0 Å². The van der Waals surface area contributed by atoms with E-state index in [1.807, 2.05) is 0 Å². The molecule has 1 N–H and O–H groups in total. The van der Waals surface area contributed by atoms with Crippen molar-refractivity contribution < 1.29 is 9.50 Å². The first-order chi connectivity index (χ1) is 4.20. The molecule has 3 heteroatoms. The van der Waals surface area contributed by atoms with Gasteiger partial charge in [-0.2, -0.15) is 0 Å². The first kappa shape index (κ1) is 6.36. The lowest BCUT2D eigenvalue weighted by molar-refractivity contribution is 0.432. The van der Waals surface area contributed by atoms with Crippen LogP contribution in [0.3, 0.4) is 0 Å². The molecular formula is C6H4ClFO. The van der Waals surface area contributed by atoms with Gasteiger partial charge in [-0.1, -0.05) is 11.6 Å². The van der Waals surface area contributed by atoms with E-state index < -0.39 is 11.6 Å². The first-order valence-corrected chi connectivity index (χ1v) is 2.72. The Bertz CT molecular complexity index is 224. The van der Waals surface area contributed by atoms with E-state index in [2.05, 4.69) is 0 Å². The fraction of sp³-hybridized carbons (Fsp3) is 0. The summed E-state index contributed by atoms with van der Waals surface area (Å²) in [5.74, 6) is -1.07. The molecule has 1 nitrogen and oxygen atoms in total. The highest BCUT2D eigenvalue weighted by Crippen LogP contribution is 2.19. The van der Waals surface area contributed by atoms with Crippen molar-refractivity contribution in [1.82, 2.24) is 0 Å². The first-order valence-electron chi connectivity index (χ1n) is 2.34. The minimum Gasteiger partial charge on any atom is -0.505 e. The highest BCUT2D eigenvalue weighted by atomic mass is 35.5. The van der Waals surface area contributed by atoms with Crippen molar-refractivity contribution in [3.05, 3.63) is 29.0 Å². The third kappa shape index (κ3) is 1.33. The Morgan fingerprint density at radius 2 is 2.11 bits per heavy atom. The highest BCUT2D eigenvalue weighted by Gasteiger charge is 1.97. The van der Waals surface area contributed by atoms with Crippen LogP contribution in [0, 0.1) is 5.82 Å². The van der Waals surface area contributed by atoms with E-state index in [0.29, 0.717) is 5.02 Å². The Balaban J connectivity index is 3.17. The van der Waals surface area contributed by atoms with Crippen molar-refractivity contribution in [3.63, 3.8) is 0 Å². The van der Waals surface area contributed by atoms with E-state index in [-0.39, 0.29) is 0 Å². The van der Waals surface area contributed by atoms with Gasteiger partial charge in [0.1, 0.15) is 0 Å². The van der Waals surface area contributed by atoms with Crippen LogP contribution in [0.1, 0.15) is 0 Å². The number of phenolic OH excluding ortho intramolecular Hbond substituents is 1. The molecule has 0 spiro atoms. The second-order valence-electron chi connectivity index (χ2n) is 1.60. The van der Waals surface area contributed by atoms with E-state index in [0.717, 1.165) is 12.1 Å². The summed E-state index contributed by atoms with van der Waals surface area (Å²) in [4.78, 5) is 0. The normalized spacial score (nSPS) is 9.56. The average Bonchev–Trinajstić information content (AvgIpc) is 1.80. The van der Waals surface area contributed by atoms with Crippen LogP contribution in [0.2, 0.25) is 5.02 Å². The molecule has 0 bridgehead atoms. The number of phenols is 1. The Morgan fingerprint density at radius 1 is 1.44 bits per heavy atom. The zero-order chi connectivity index (χ0) is 6.85. The third-order valence-corrected chi connectivity index (χ3v) is 1.14. The molecule has 0 aromatic heterocycles. The van der Waals surface area contributed by atoms with Gasteiger partial charge in [-0.3, -0.25) is 0 Å². The predicted molar refractivity (Wildman–Crippen MR) is 33.1 cm³/mol. The maximum absolute atomic E-state index is 12.2. The van der Waals surface area contributed by atoms with E-state index in [1.165, 1.54) is 6.07 Å². The molecule has 0 amide bonds. The summed E-state index contributed by atoms with van der Waals surface area (Å²) >= 11 is 5.39. The van der Waals surface area contributed by atoms with Crippen LogP contribution < -0.4 is 0 Å². The molecule has 1 aromatic carbocycles. The largest absolute Gasteiger partial charge is 0.505 e. The zero-order valence-electron chi connectivity index (χ0n) is 4.44. The fourth-order valence-corrected chi connectivity index (χ4v) is 0.652. The van der Waals surface area contributed by atoms with Crippen LogP contribution in [0.5, 0.6) is 5.75 Å². The smallest absolute Gasteiger partial charge is 0.164 e. The van der Waals surface area contributed by atoms with Crippen molar-refractivity contribution in [1.29, 1.82) is 0 Å². The van der Waals surface area contributed by atoms with Crippen LogP contribution in [0.25, 0.3) is 0 Å². The van der Waals surface area contributed by atoms with Gasteiger partial charge < -0.3 is 5.11 Å². The minimum atomic E-state index is -0.653. The topological polar surface area (TPSA) is 20.2 Å². The lowest BCUT2D eigenvalue weighted by Gasteiger charge is -1.92. The average molecular weight is 147 g/mol. The molecule has 0 aliphatic heterocycles. The van der Waals surface area contributed by atoms with E-state index >= 15 is 0 Å². The molecule has 0 unspecified atom stereocenters. The van der Waals surface area contributed by atoms with Crippen LogP contribution in [-0.2, 0) is 0 Å². The van der Waals surface area contributed by atoms with E-state index in [1.54, 1.807) is 0 Å². The predicted octanol–water partition coefficient (Wildman–Crippen LogP) is 2.18. The molecular weight excluding hydrogens is 143 g/mol. The Labute approximate surface area is 56.7 Å². The van der Waals surface area contributed by atoms with Gasteiger partial charge in [0.25, 0.3) is 0 Å². The maximum atomic E-state index is 12.2. The highest BCUT2D eigenvalue weighted by molar-refractivity contribution is 6.30. The van der Waals surface area contributed by atoms with Gasteiger partial charge in [-0.25, -0.2) is 4.39 Å². The molecule has 1 rings (SSSR count). The second-order valence-corrected chi connectivity index (χ2v) is 2.03. The molecule has 0 saturated heterocycles. The molecule has 48 valence electrons. The Hall–Kier alpha value is -0.760. The van der Waals surface area contributed by atoms with Gasteiger partial charge in [0, 0.05) is 11.1 Å². The van der Waals surface area contributed by atoms with Crippen LogP contribution in [0.15, 0.2) is 18.2 Å². The van der Waals surface area contributed by atoms with Crippen LogP contribution in [0.4, 0.5) is 4.39 Å². The molecule has 0 heterocycles. The van der Waals surface area contributed by atoms with Crippen LogP contribution in [-0.4, -0.2) is 5.11 Å². The monoisotopic (exact) mass is 146 g/mol. The summed E-state index contributed by atoms with van der Waals surface area (Å²) in [7, 11) is 0. The number of aromatic hydroxyl groups is 1. The summed E-state index contributed by atoms with van der Waals surface area (Å²) in [5.41, 5.74) is 0. The lowest BCUT2D eigenvalue weighted by atomic mass is 10.3. The van der Waals surface area contributed by atoms with Gasteiger partial charge in [0.05, 0.1) is 0 Å².